The van der Waals surface area contributed by atoms with Crippen LogP contribution in [0.2, 0.25) is 0 Å². The van der Waals surface area contributed by atoms with Gasteiger partial charge >= 0.3 is 0 Å². The van der Waals surface area contributed by atoms with Crippen LogP contribution in [0, 0.1) is 0 Å². The normalized spacial score (nSPS) is 11.1. The molecule has 0 amide bonds. The van der Waals surface area contributed by atoms with E-state index in [4.69, 9.17) is 9.47 Å². The van der Waals surface area contributed by atoms with Crippen molar-refractivity contribution < 1.29 is 14.3 Å². The Balaban J connectivity index is 3.25. The molecule has 88 valence electrons. The number of ether oxygens (including phenoxy) is 2. The molecule has 16 heavy (non-hydrogen) atoms. The van der Waals surface area contributed by atoms with Gasteiger partial charge in [0.15, 0.2) is 17.3 Å². The Hall–Kier alpha value is -1.51. The molecule has 0 aromatic heterocycles. The van der Waals surface area contributed by atoms with Crippen LogP contribution >= 0.6 is 0 Å². The van der Waals surface area contributed by atoms with Gasteiger partial charge in [-0.2, -0.15) is 0 Å². The average molecular weight is 222 g/mol. The Labute approximate surface area is 96.4 Å². The van der Waals surface area contributed by atoms with E-state index in [1.807, 2.05) is 20.8 Å². The van der Waals surface area contributed by atoms with E-state index >= 15 is 0 Å². The summed E-state index contributed by atoms with van der Waals surface area (Å²) in [6.45, 7) is 7.32. The maximum absolute atomic E-state index is 11.5. The molecule has 3 nitrogen and oxygen atoms in total. The third kappa shape index (κ3) is 2.99. The van der Waals surface area contributed by atoms with E-state index in [9.17, 15) is 4.79 Å². The van der Waals surface area contributed by atoms with E-state index in [1.54, 1.807) is 25.3 Å². The topological polar surface area (TPSA) is 35.5 Å². The number of carbonyl (C=O) groups excluding carboxylic acids is 1. The van der Waals surface area contributed by atoms with E-state index in [2.05, 4.69) is 0 Å². The zero-order valence-electron chi connectivity index (χ0n) is 10.5. The molecule has 0 spiro atoms. The van der Waals surface area contributed by atoms with Crippen molar-refractivity contribution in [2.24, 2.45) is 0 Å². The molecule has 1 aromatic carbocycles. The number of methoxy groups -OCH3 is 1. The molecule has 0 aliphatic carbocycles. The lowest BCUT2D eigenvalue weighted by atomic mass is 10.1. The van der Waals surface area contributed by atoms with Gasteiger partial charge in [0, 0.05) is 0 Å². The summed E-state index contributed by atoms with van der Waals surface area (Å²) in [5, 5.41) is 0. The van der Waals surface area contributed by atoms with Gasteiger partial charge in [0.2, 0.25) is 0 Å². The monoisotopic (exact) mass is 222 g/mol. The largest absolute Gasteiger partial charge is 0.493 e. The highest BCUT2D eigenvalue weighted by molar-refractivity contribution is 5.97. The predicted molar refractivity (Wildman–Crippen MR) is 63.4 cm³/mol. The first-order valence-electron chi connectivity index (χ1n) is 5.22. The van der Waals surface area contributed by atoms with E-state index < -0.39 is 0 Å². The molecule has 1 rings (SSSR count). The highest BCUT2D eigenvalue weighted by Gasteiger charge is 2.20. The lowest BCUT2D eigenvalue weighted by molar-refractivity contribution is 0.0984. The predicted octanol–water partition coefficient (Wildman–Crippen LogP) is 3.08. The average Bonchev–Trinajstić information content (AvgIpc) is 2.15. The molecule has 0 aliphatic heterocycles. The van der Waals surface area contributed by atoms with Crippen LogP contribution in [-0.4, -0.2) is 18.5 Å². The third-order valence-electron chi connectivity index (χ3n) is 1.99. The second-order valence-corrected chi connectivity index (χ2v) is 4.61. The third-order valence-corrected chi connectivity index (χ3v) is 1.99. The summed E-state index contributed by atoms with van der Waals surface area (Å²) in [4.78, 5) is 11.5. The van der Waals surface area contributed by atoms with Crippen LogP contribution < -0.4 is 9.47 Å². The molecule has 0 radical (unpaired) electrons. The Kier molecular flexibility index (Phi) is 3.58. The van der Waals surface area contributed by atoms with Crippen LogP contribution in [0.25, 0.3) is 0 Å². The Bertz CT molecular complexity index is 389. The molecule has 0 saturated carbocycles. The molecule has 0 atom stereocenters. The van der Waals surface area contributed by atoms with Gasteiger partial charge in [-0.05, 0) is 39.8 Å². The van der Waals surface area contributed by atoms with Crippen LogP contribution in [0.15, 0.2) is 18.2 Å². The Morgan fingerprint density at radius 3 is 2.31 bits per heavy atom. The molecule has 0 N–H and O–H groups in total. The molecule has 0 fully saturated rings. The van der Waals surface area contributed by atoms with Crippen LogP contribution in [0.5, 0.6) is 11.5 Å². The van der Waals surface area contributed by atoms with Crippen LogP contribution in [0.3, 0.4) is 0 Å². The second-order valence-electron chi connectivity index (χ2n) is 4.61. The van der Waals surface area contributed by atoms with Gasteiger partial charge in [-0.3, -0.25) is 4.79 Å². The number of benzene rings is 1. The molecule has 1 aromatic rings. The van der Waals surface area contributed by atoms with Crippen LogP contribution in [0.4, 0.5) is 0 Å². The first kappa shape index (κ1) is 12.6. The molecular formula is C13H18O3. The number of para-hydroxylation sites is 1. The molecule has 0 unspecified atom stereocenters. The number of carbonyl (C=O) groups is 1. The maximum atomic E-state index is 11.5. The number of ketones is 1. The van der Waals surface area contributed by atoms with Crippen molar-refractivity contribution in [2.75, 3.05) is 7.11 Å². The lowest BCUT2D eigenvalue weighted by Crippen LogP contribution is -2.24. The van der Waals surface area contributed by atoms with Crippen molar-refractivity contribution in [3.8, 4) is 11.5 Å². The number of hydrogen-bond acceptors (Lipinski definition) is 3. The summed E-state index contributed by atoms with van der Waals surface area (Å²) in [5.41, 5.74) is 0.188. The highest BCUT2D eigenvalue weighted by Crippen LogP contribution is 2.34. The minimum Gasteiger partial charge on any atom is -0.493 e. The van der Waals surface area contributed by atoms with Crippen molar-refractivity contribution in [2.45, 2.75) is 33.3 Å². The van der Waals surface area contributed by atoms with Crippen molar-refractivity contribution in [3.63, 3.8) is 0 Å². The Morgan fingerprint density at radius 1 is 1.25 bits per heavy atom. The van der Waals surface area contributed by atoms with Crippen molar-refractivity contribution in [1.82, 2.24) is 0 Å². The molecule has 3 heteroatoms. The molecule has 0 aliphatic rings. The SMILES string of the molecule is COc1cccc(C(C)=O)c1OC(C)(C)C. The number of Topliss-reactive ketones (excluding diaryl/α,β-unsaturated/α-hetero) is 1. The first-order chi connectivity index (χ1) is 7.35. The minimum atomic E-state index is -0.362. The second kappa shape index (κ2) is 4.56. The Morgan fingerprint density at radius 2 is 1.88 bits per heavy atom. The maximum Gasteiger partial charge on any atom is 0.172 e. The van der Waals surface area contributed by atoms with E-state index in [1.165, 1.54) is 6.92 Å². The summed E-state index contributed by atoms with van der Waals surface area (Å²) >= 11 is 0. The summed E-state index contributed by atoms with van der Waals surface area (Å²) in [5.74, 6) is 1.07. The summed E-state index contributed by atoms with van der Waals surface area (Å²) in [6.07, 6.45) is 0. The lowest BCUT2D eigenvalue weighted by Gasteiger charge is -2.24. The van der Waals surface area contributed by atoms with Gasteiger partial charge in [-0.1, -0.05) is 6.07 Å². The van der Waals surface area contributed by atoms with Gasteiger partial charge in [0.1, 0.15) is 5.60 Å². The van der Waals surface area contributed by atoms with Gasteiger partial charge < -0.3 is 9.47 Å². The highest BCUT2D eigenvalue weighted by atomic mass is 16.5. The fourth-order valence-corrected chi connectivity index (χ4v) is 1.37. The fraction of sp³-hybridized carbons (Fsp3) is 0.462. The van der Waals surface area contributed by atoms with Crippen molar-refractivity contribution in [3.05, 3.63) is 23.8 Å². The van der Waals surface area contributed by atoms with Gasteiger partial charge in [0.05, 0.1) is 12.7 Å². The number of hydrogen-bond donors (Lipinski definition) is 0. The first-order valence-corrected chi connectivity index (χ1v) is 5.22. The smallest absolute Gasteiger partial charge is 0.172 e. The van der Waals surface area contributed by atoms with E-state index in [-0.39, 0.29) is 11.4 Å². The van der Waals surface area contributed by atoms with Gasteiger partial charge in [0.25, 0.3) is 0 Å². The fourth-order valence-electron chi connectivity index (χ4n) is 1.37. The zero-order valence-corrected chi connectivity index (χ0v) is 10.5. The quantitative estimate of drug-likeness (QED) is 0.737. The standard InChI is InChI=1S/C13H18O3/c1-9(14)10-7-6-8-11(15-5)12(10)16-13(2,3)4/h6-8H,1-5H3. The molecule has 0 bridgehead atoms. The summed E-state index contributed by atoms with van der Waals surface area (Å²) in [7, 11) is 1.56. The minimum absolute atomic E-state index is 0.0295. The number of rotatable bonds is 3. The van der Waals surface area contributed by atoms with Gasteiger partial charge in [-0.15, -0.1) is 0 Å². The van der Waals surface area contributed by atoms with E-state index in [0.717, 1.165) is 0 Å². The summed E-state index contributed by atoms with van der Waals surface area (Å²) in [6, 6.07) is 5.31. The molecule has 0 saturated heterocycles. The van der Waals surface area contributed by atoms with Gasteiger partial charge in [-0.25, -0.2) is 0 Å². The molecular weight excluding hydrogens is 204 g/mol. The van der Waals surface area contributed by atoms with Crippen molar-refractivity contribution in [1.29, 1.82) is 0 Å². The van der Waals surface area contributed by atoms with Crippen LogP contribution in [-0.2, 0) is 0 Å². The van der Waals surface area contributed by atoms with Crippen LogP contribution in [0.1, 0.15) is 38.1 Å². The zero-order chi connectivity index (χ0) is 12.3. The van der Waals surface area contributed by atoms with E-state index in [0.29, 0.717) is 17.1 Å². The summed E-state index contributed by atoms with van der Waals surface area (Å²) < 4.78 is 11.0. The molecule has 0 heterocycles. The van der Waals surface area contributed by atoms with Crippen molar-refractivity contribution >= 4 is 5.78 Å².